The second-order valence-electron chi connectivity index (χ2n) is 7.78. The first-order valence-electron chi connectivity index (χ1n) is 10.1. The molecule has 1 amide bonds. The van der Waals surface area contributed by atoms with Crippen molar-refractivity contribution < 1.29 is 9.18 Å². The molecule has 6 nitrogen and oxygen atoms in total. The Balaban J connectivity index is 1.71. The molecule has 0 spiro atoms. The van der Waals surface area contributed by atoms with E-state index < -0.39 is 0 Å². The third-order valence-corrected chi connectivity index (χ3v) is 6.23. The summed E-state index contributed by atoms with van der Waals surface area (Å²) in [6.07, 6.45) is 3.20. The van der Waals surface area contributed by atoms with Crippen LogP contribution in [0.2, 0.25) is 0 Å². The fourth-order valence-corrected chi connectivity index (χ4v) is 4.45. The fraction of sp³-hybridized carbons (Fsp3) is 0.217. The second kappa shape index (κ2) is 9.22. The molecule has 164 valence electrons. The van der Waals surface area contributed by atoms with Gasteiger partial charge in [0, 0.05) is 12.7 Å². The molecular formula is C23H21FN4O2S2. The number of hydrogen-bond donors (Lipinski definition) is 1. The van der Waals surface area contributed by atoms with Crippen molar-refractivity contribution in [2.45, 2.75) is 20.4 Å². The van der Waals surface area contributed by atoms with Crippen molar-refractivity contribution in [2.75, 3.05) is 11.9 Å². The minimum absolute atomic E-state index is 0.232. The van der Waals surface area contributed by atoms with E-state index in [0.29, 0.717) is 38.7 Å². The first-order valence-corrected chi connectivity index (χ1v) is 11.3. The molecule has 32 heavy (non-hydrogen) atoms. The van der Waals surface area contributed by atoms with Crippen LogP contribution in [0.5, 0.6) is 0 Å². The average molecular weight is 469 g/mol. The van der Waals surface area contributed by atoms with Crippen LogP contribution in [0.4, 0.5) is 10.2 Å². The number of rotatable bonds is 6. The van der Waals surface area contributed by atoms with Gasteiger partial charge in [0.15, 0.2) is 0 Å². The van der Waals surface area contributed by atoms with E-state index in [0.717, 1.165) is 17.3 Å². The number of halogens is 1. The van der Waals surface area contributed by atoms with Gasteiger partial charge in [-0.1, -0.05) is 56.0 Å². The Hall–Kier alpha value is -3.04. The molecule has 0 aliphatic carbocycles. The molecule has 1 aliphatic heterocycles. The van der Waals surface area contributed by atoms with Crippen LogP contribution in [-0.2, 0) is 11.3 Å². The van der Waals surface area contributed by atoms with Crippen molar-refractivity contribution >= 4 is 51.7 Å². The summed E-state index contributed by atoms with van der Waals surface area (Å²) in [5.74, 6) is 0.132. The number of fused-ring (bicyclic) bond motifs is 1. The summed E-state index contributed by atoms with van der Waals surface area (Å²) in [5.41, 5.74) is 1.31. The minimum Gasteiger partial charge on any atom is -0.369 e. The molecule has 3 heterocycles. The fourth-order valence-electron chi connectivity index (χ4n) is 3.21. The first kappa shape index (κ1) is 22.2. The van der Waals surface area contributed by atoms with E-state index in [-0.39, 0.29) is 23.8 Å². The lowest BCUT2D eigenvalue weighted by molar-refractivity contribution is -0.122. The molecule has 0 atom stereocenters. The van der Waals surface area contributed by atoms with Gasteiger partial charge in [-0.05, 0) is 41.8 Å². The topological polar surface area (TPSA) is 66.7 Å². The number of nitrogens with one attached hydrogen (secondary N) is 1. The number of thioether (sulfide) groups is 1. The van der Waals surface area contributed by atoms with Crippen molar-refractivity contribution in [3.8, 4) is 0 Å². The third kappa shape index (κ3) is 4.58. The molecule has 1 N–H and O–H groups in total. The largest absolute Gasteiger partial charge is 0.369 e. The normalized spacial score (nSPS) is 15.4. The van der Waals surface area contributed by atoms with Crippen molar-refractivity contribution in [1.29, 1.82) is 0 Å². The Bertz CT molecular complexity index is 1290. The number of nitrogens with zero attached hydrogens (tertiary/aromatic N) is 3. The zero-order valence-electron chi connectivity index (χ0n) is 17.5. The first-order chi connectivity index (χ1) is 15.3. The van der Waals surface area contributed by atoms with Gasteiger partial charge in [-0.25, -0.2) is 9.37 Å². The number of pyridine rings is 1. The molecule has 0 unspecified atom stereocenters. The van der Waals surface area contributed by atoms with Gasteiger partial charge in [0.05, 0.1) is 17.0 Å². The molecule has 4 rings (SSSR count). The number of carbonyl (C=O) groups excluding carboxylic acids is 1. The van der Waals surface area contributed by atoms with Gasteiger partial charge in [-0.3, -0.25) is 18.9 Å². The number of hydrogen-bond acceptors (Lipinski definition) is 6. The predicted octanol–water partition coefficient (Wildman–Crippen LogP) is 4.30. The zero-order chi connectivity index (χ0) is 22.8. The van der Waals surface area contributed by atoms with Gasteiger partial charge >= 0.3 is 0 Å². The van der Waals surface area contributed by atoms with Crippen LogP contribution in [0.25, 0.3) is 11.7 Å². The van der Waals surface area contributed by atoms with E-state index in [1.165, 1.54) is 21.4 Å². The van der Waals surface area contributed by atoms with Crippen LogP contribution in [0.15, 0.2) is 58.4 Å². The van der Waals surface area contributed by atoms with Crippen LogP contribution in [-0.4, -0.2) is 31.1 Å². The summed E-state index contributed by atoms with van der Waals surface area (Å²) in [5, 5.41) is 3.23. The Labute approximate surface area is 194 Å². The Kier molecular flexibility index (Phi) is 6.38. The Morgan fingerprint density at radius 1 is 1.19 bits per heavy atom. The molecule has 2 aromatic heterocycles. The van der Waals surface area contributed by atoms with Gasteiger partial charge in [0.25, 0.3) is 11.5 Å². The van der Waals surface area contributed by atoms with E-state index >= 15 is 0 Å². The Morgan fingerprint density at radius 2 is 1.94 bits per heavy atom. The molecule has 1 aliphatic rings. The standard InChI is InChI=1S/C23H21FN4O2S2/c1-14(2)12-25-20-17(21(29)27-10-4-3-5-19(27)26-20)11-18-22(30)28(23(31)32-18)13-15-6-8-16(24)9-7-15/h3-11,14,25H,12-13H2,1-2H3. The third-order valence-electron chi connectivity index (χ3n) is 4.85. The number of anilines is 1. The highest BCUT2D eigenvalue weighted by Crippen LogP contribution is 2.34. The van der Waals surface area contributed by atoms with E-state index in [1.54, 1.807) is 36.5 Å². The highest BCUT2D eigenvalue weighted by molar-refractivity contribution is 8.26. The highest BCUT2D eigenvalue weighted by atomic mass is 32.2. The van der Waals surface area contributed by atoms with Crippen LogP contribution in [0.3, 0.4) is 0 Å². The molecule has 0 radical (unpaired) electrons. The SMILES string of the molecule is CC(C)CNc1nc2ccccn2c(=O)c1C=C1SC(=S)N(Cc2ccc(F)cc2)C1=O. The maximum Gasteiger partial charge on any atom is 0.267 e. The molecule has 0 bridgehead atoms. The number of carbonyl (C=O) groups is 1. The molecular weight excluding hydrogens is 447 g/mol. The Morgan fingerprint density at radius 3 is 2.66 bits per heavy atom. The maximum absolute atomic E-state index is 13.2. The molecule has 3 aromatic rings. The van der Waals surface area contributed by atoms with Crippen molar-refractivity contribution in [3.05, 3.63) is 80.9 Å². The van der Waals surface area contributed by atoms with Crippen molar-refractivity contribution in [3.63, 3.8) is 0 Å². The molecule has 0 saturated carbocycles. The molecule has 1 aromatic carbocycles. The van der Waals surface area contributed by atoms with Crippen LogP contribution in [0, 0.1) is 11.7 Å². The minimum atomic E-state index is -0.343. The van der Waals surface area contributed by atoms with Crippen LogP contribution in [0.1, 0.15) is 25.0 Å². The quantitative estimate of drug-likeness (QED) is 0.430. The van der Waals surface area contributed by atoms with E-state index in [2.05, 4.69) is 24.1 Å². The lowest BCUT2D eigenvalue weighted by atomic mass is 10.2. The van der Waals surface area contributed by atoms with Crippen molar-refractivity contribution in [2.24, 2.45) is 5.92 Å². The lowest BCUT2D eigenvalue weighted by Crippen LogP contribution is -2.27. The van der Waals surface area contributed by atoms with Crippen molar-refractivity contribution in [1.82, 2.24) is 14.3 Å². The van der Waals surface area contributed by atoms with E-state index in [9.17, 15) is 14.0 Å². The summed E-state index contributed by atoms with van der Waals surface area (Å²) in [6.45, 7) is 4.97. The van der Waals surface area contributed by atoms with Gasteiger partial charge in [0.2, 0.25) is 0 Å². The van der Waals surface area contributed by atoms with E-state index in [4.69, 9.17) is 12.2 Å². The van der Waals surface area contributed by atoms with E-state index in [1.807, 2.05) is 6.07 Å². The smallest absolute Gasteiger partial charge is 0.267 e. The molecule has 1 fully saturated rings. The number of amides is 1. The summed E-state index contributed by atoms with van der Waals surface area (Å²) in [4.78, 5) is 32.7. The maximum atomic E-state index is 13.2. The second-order valence-corrected chi connectivity index (χ2v) is 9.45. The zero-order valence-corrected chi connectivity index (χ0v) is 19.2. The van der Waals surface area contributed by atoms with Gasteiger partial charge in [0.1, 0.15) is 21.6 Å². The van der Waals surface area contributed by atoms with Crippen LogP contribution >= 0.6 is 24.0 Å². The van der Waals surface area contributed by atoms with Gasteiger partial charge in [-0.15, -0.1) is 0 Å². The summed E-state index contributed by atoms with van der Waals surface area (Å²) >= 11 is 6.54. The number of benzene rings is 1. The number of thiocarbonyl (C=S) groups is 1. The van der Waals surface area contributed by atoms with Crippen LogP contribution < -0.4 is 10.9 Å². The van der Waals surface area contributed by atoms with Gasteiger partial charge in [-0.2, -0.15) is 0 Å². The highest BCUT2D eigenvalue weighted by Gasteiger charge is 2.32. The van der Waals surface area contributed by atoms with Gasteiger partial charge < -0.3 is 5.32 Å². The predicted molar refractivity (Wildman–Crippen MR) is 130 cm³/mol. The summed E-state index contributed by atoms with van der Waals surface area (Å²) in [7, 11) is 0. The summed E-state index contributed by atoms with van der Waals surface area (Å²) < 4.78 is 15.0. The lowest BCUT2D eigenvalue weighted by Gasteiger charge is -2.14. The summed E-state index contributed by atoms with van der Waals surface area (Å²) in [6, 6.07) is 11.2. The average Bonchev–Trinajstić information content (AvgIpc) is 3.03. The molecule has 1 saturated heterocycles. The monoisotopic (exact) mass is 468 g/mol. The molecule has 9 heteroatoms. The number of aromatic nitrogens is 2.